The monoisotopic (exact) mass is 303 g/mol. The van der Waals surface area contributed by atoms with E-state index in [1.807, 2.05) is 54.6 Å². The lowest BCUT2D eigenvalue weighted by molar-refractivity contribution is 0.0950. The molecule has 114 valence electrons. The Morgan fingerprint density at radius 3 is 2.65 bits per heavy atom. The molecule has 0 unspecified atom stereocenters. The van der Waals surface area contributed by atoms with Gasteiger partial charge in [-0.2, -0.15) is 5.10 Å². The number of aromatic nitrogens is 1. The largest absolute Gasteiger partial charge is 0.289 e. The van der Waals surface area contributed by atoms with Gasteiger partial charge in [0.1, 0.15) is 5.69 Å². The fourth-order valence-electron chi connectivity index (χ4n) is 2.25. The molecule has 0 saturated heterocycles. The first-order chi connectivity index (χ1) is 11.3. The number of fused-ring (bicyclic) bond motifs is 1. The van der Waals surface area contributed by atoms with E-state index in [1.165, 1.54) is 5.56 Å². The van der Waals surface area contributed by atoms with Crippen LogP contribution in [0.4, 0.5) is 0 Å². The number of nitrogens with one attached hydrogen (secondary N) is 1. The van der Waals surface area contributed by atoms with Crippen molar-refractivity contribution in [3.63, 3.8) is 0 Å². The zero-order valence-corrected chi connectivity index (χ0v) is 12.9. The highest BCUT2D eigenvalue weighted by atomic mass is 16.2. The van der Waals surface area contributed by atoms with Crippen molar-refractivity contribution in [2.75, 3.05) is 0 Å². The highest BCUT2D eigenvalue weighted by Crippen LogP contribution is 2.11. The predicted octanol–water partition coefficient (Wildman–Crippen LogP) is 3.56. The van der Waals surface area contributed by atoms with E-state index in [0.717, 1.165) is 22.9 Å². The maximum Gasteiger partial charge on any atom is 0.289 e. The molecule has 0 fully saturated rings. The summed E-state index contributed by atoms with van der Waals surface area (Å²) in [5.74, 6) is -0.322. The number of hydrogen-bond donors (Lipinski definition) is 1. The molecule has 3 rings (SSSR count). The fraction of sp³-hybridized carbons (Fsp3) is 0.105. The SMILES string of the molecule is CCc1ccc(/C=N/NC(=O)c2ccc3ccccc3n2)cc1. The molecule has 4 nitrogen and oxygen atoms in total. The molecule has 1 aromatic heterocycles. The first kappa shape index (κ1) is 14.9. The Morgan fingerprint density at radius 2 is 1.87 bits per heavy atom. The highest BCUT2D eigenvalue weighted by Gasteiger charge is 2.06. The van der Waals surface area contributed by atoms with Gasteiger partial charge < -0.3 is 0 Å². The van der Waals surface area contributed by atoms with Gasteiger partial charge in [-0.1, -0.05) is 55.5 Å². The summed E-state index contributed by atoms with van der Waals surface area (Å²) < 4.78 is 0. The van der Waals surface area contributed by atoms with E-state index in [0.29, 0.717) is 5.69 Å². The lowest BCUT2D eigenvalue weighted by Crippen LogP contribution is -2.18. The summed E-state index contributed by atoms with van der Waals surface area (Å²) in [4.78, 5) is 16.4. The van der Waals surface area contributed by atoms with Crippen LogP contribution < -0.4 is 5.43 Å². The minimum absolute atomic E-state index is 0.322. The number of hydrazone groups is 1. The second-order valence-electron chi connectivity index (χ2n) is 5.18. The van der Waals surface area contributed by atoms with Crippen molar-refractivity contribution < 1.29 is 4.79 Å². The number of nitrogens with zero attached hydrogens (tertiary/aromatic N) is 2. The van der Waals surface area contributed by atoms with Crippen LogP contribution in [-0.2, 0) is 6.42 Å². The molecule has 0 bridgehead atoms. The third-order valence-electron chi connectivity index (χ3n) is 3.60. The molecule has 0 radical (unpaired) electrons. The average molecular weight is 303 g/mol. The van der Waals surface area contributed by atoms with E-state index in [2.05, 4.69) is 22.4 Å². The van der Waals surface area contributed by atoms with E-state index in [-0.39, 0.29) is 5.91 Å². The van der Waals surface area contributed by atoms with E-state index < -0.39 is 0 Å². The van der Waals surface area contributed by atoms with Gasteiger partial charge >= 0.3 is 0 Å². The number of para-hydroxylation sites is 1. The van der Waals surface area contributed by atoms with Gasteiger partial charge in [-0.05, 0) is 29.7 Å². The van der Waals surface area contributed by atoms with Crippen molar-refractivity contribution in [1.82, 2.24) is 10.4 Å². The molecule has 3 aromatic rings. The number of aryl methyl sites for hydroxylation is 1. The van der Waals surface area contributed by atoms with E-state index in [4.69, 9.17) is 0 Å². The van der Waals surface area contributed by atoms with Crippen LogP contribution in [0.1, 0.15) is 28.5 Å². The van der Waals surface area contributed by atoms with Gasteiger partial charge in [0.15, 0.2) is 0 Å². The minimum atomic E-state index is -0.322. The van der Waals surface area contributed by atoms with Crippen molar-refractivity contribution in [3.8, 4) is 0 Å². The highest BCUT2D eigenvalue weighted by molar-refractivity contribution is 5.95. The molecule has 0 saturated carbocycles. The van der Waals surface area contributed by atoms with Gasteiger partial charge in [0, 0.05) is 5.39 Å². The number of pyridine rings is 1. The zero-order chi connectivity index (χ0) is 16.1. The molecule has 23 heavy (non-hydrogen) atoms. The Labute approximate surface area is 134 Å². The van der Waals surface area contributed by atoms with Crippen LogP contribution in [-0.4, -0.2) is 17.1 Å². The Hall–Kier alpha value is -3.01. The first-order valence-corrected chi connectivity index (χ1v) is 7.54. The van der Waals surface area contributed by atoms with Crippen LogP contribution >= 0.6 is 0 Å². The number of benzene rings is 2. The summed E-state index contributed by atoms with van der Waals surface area (Å²) in [6.07, 6.45) is 2.63. The molecular formula is C19H17N3O. The summed E-state index contributed by atoms with van der Waals surface area (Å²) in [6.45, 7) is 2.11. The maximum atomic E-state index is 12.1. The molecule has 2 aromatic carbocycles. The topological polar surface area (TPSA) is 54.4 Å². The van der Waals surface area contributed by atoms with E-state index >= 15 is 0 Å². The molecular weight excluding hydrogens is 286 g/mol. The summed E-state index contributed by atoms with van der Waals surface area (Å²) in [7, 11) is 0. The number of carbonyl (C=O) groups excluding carboxylic acids is 1. The maximum absolute atomic E-state index is 12.1. The number of rotatable bonds is 4. The van der Waals surface area contributed by atoms with Gasteiger partial charge in [-0.25, -0.2) is 10.4 Å². The Kier molecular flexibility index (Phi) is 4.43. The molecule has 1 amide bonds. The second kappa shape index (κ2) is 6.83. The third-order valence-corrected chi connectivity index (χ3v) is 3.60. The quantitative estimate of drug-likeness (QED) is 0.592. The van der Waals surface area contributed by atoms with Crippen LogP contribution in [0, 0.1) is 0 Å². The summed E-state index contributed by atoms with van der Waals surface area (Å²) >= 11 is 0. The van der Waals surface area contributed by atoms with Crippen LogP contribution in [0.5, 0.6) is 0 Å². The molecule has 0 spiro atoms. The molecule has 1 heterocycles. The second-order valence-corrected chi connectivity index (χ2v) is 5.18. The fourth-order valence-corrected chi connectivity index (χ4v) is 2.25. The zero-order valence-electron chi connectivity index (χ0n) is 12.9. The van der Waals surface area contributed by atoms with Crippen molar-refractivity contribution in [3.05, 3.63) is 77.5 Å². The lowest BCUT2D eigenvalue weighted by atomic mass is 10.1. The molecule has 0 atom stereocenters. The van der Waals surface area contributed by atoms with Gasteiger partial charge in [0.05, 0.1) is 11.7 Å². The lowest BCUT2D eigenvalue weighted by Gasteiger charge is -2.02. The van der Waals surface area contributed by atoms with Gasteiger partial charge in [-0.15, -0.1) is 0 Å². The molecule has 0 aliphatic rings. The standard InChI is InChI=1S/C19H17N3O/c1-2-14-7-9-15(10-8-14)13-20-22-19(23)18-12-11-16-5-3-4-6-17(16)21-18/h3-13H,2H2,1H3,(H,22,23)/b20-13+. The smallest absolute Gasteiger partial charge is 0.266 e. The molecule has 1 N–H and O–H groups in total. The molecule has 0 aliphatic heterocycles. The van der Waals surface area contributed by atoms with Crippen LogP contribution in [0.25, 0.3) is 10.9 Å². The Bertz CT molecular complexity index is 854. The van der Waals surface area contributed by atoms with Gasteiger partial charge in [-0.3, -0.25) is 4.79 Å². The number of hydrogen-bond acceptors (Lipinski definition) is 3. The Morgan fingerprint density at radius 1 is 1.09 bits per heavy atom. The summed E-state index contributed by atoms with van der Waals surface area (Å²) in [5.41, 5.74) is 5.86. The predicted molar refractivity (Wildman–Crippen MR) is 92.6 cm³/mol. The third kappa shape index (κ3) is 3.61. The van der Waals surface area contributed by atoms with Gasteiger partial charge in [0.2, 0.25) is 0 Å². The van der Waals surface area contributed by atoms with Crippen molar-refractivity contribution in [2.45, 2.75) is 13.3 Å². The first-order valence-electron chi connectivity index (χ1n) is 7.54. The average Bonchev–Trinajstić information content (AvgIpc) is 2.61. The van der Waals surface area contributed by atoms with E-state index in [9.17, 15) is 4.79 Å². The van der Waals surface area contributed by atoms with Crippen molar-refractivity contribution in [2.24, 2.45) is 5.10 Å². The van der Waals surface area contributed by atoms with Crippen molar-refractivity contribution in [1.29, 1.82) is 0 Å². The number of amides is 1. The molecule has 0 aliphatic carbocycles. The normalized spacial score (nSPS) is 11.0. The summed E-state index contributed by atoms with van der Waals surface area (Å²) in [5, 5.41) is 4.99. The molecule has 4 heteroatoms. The minimum Gasteiger partial charge on any atom is -0.266 e. The van der Waals surface area contributed by atoms with Crippen LogP contribution in [0.15, 0.2) is 65.8 Å². The van der Waals surface area contributed by atoms with Gasteiger partial charge in [0.25, 0.3) is 5.91 Å². The van der Waals surface area contributed by atoms with Crippen molar-refractivity contribution >= 4 is 23.0 Å². The summed E-state index contributed by atoms with van der Waals surface area (Å²) in [6, 6.07) is 19.3. The Balaban J connectivity index is 1.68. The number of carbonyl (C=O) groups is 1. The van der Waals surface area contributed by atoms with Crippen LogP contribution in [0.3, 0.4) is 0 Å². The van der Waals surface area contributed by atoms with Crippen LogP contribution in [0.2, 0.25) is 0 Å². The van der Waals surface area contributed by atoms with E-state index in [1.54, 1.807) is 12.3 Å².